The molecule has 7 unspecified atom stereocenters. The minimum atomic E-state index is -1.44. The molecule has 1 aliphatic heterocycles. The van der Waals surface area contributed by atoms with Crippen molar-refractivity contribution in [3.63, 3.8) is 0 Å². The molecule has 0 amide bonds. The van der Waals surface area contributed by atoms with Crippen LogP contribution >= 0.6 is 0 Å². The maximum atomic E-state index is 13.0. The lowest BCUT2D eigenvalue weighted by Gasteiger charge is -2.41. The summed E-state index contributed by atoms with van der Waals surface area (Å²) in [6.07, 6.45) is 8.72. The van der Waals surface area contributed by atoms with Crippen molar-refractivity contribution in [2.75, 3.05) is 7.11 Å². The van der Waals surface area contributed by atoms with E-state index in [1.54, 1.807) is 13.0 Å². The Kier molecular flexibility index (Phi) is 21.2. The molecule has 7 atom stereocenters. The Morgan fingerprint density at radius 1 is 0.791 bits per heavy atom. The molecule has 0 saturated carbocycles. The first-order chi connectivity index (χ1) is 20.7. The average molecular weight is 615 g/mol. The standard InChI is InChI=1S/C33H58O10/c1-6-9-11-13-14-16-18-21-27(34)43-32-31(38)30(37)24(4)40-33(32)42-26(20-17-15-12-10-7-2)23-29(36)41-25(19-8-3)22-28(35)39-5/h18,21,24-26,30-33,37-38H,6-17,19-20,22-23H2,1-5H3. The van der Waals surface area contributed by atoms with Crippen molar-refractivity contribution in [2.45, 2.75) is 173 Å². The average Bonchev–Trinajstić information content (AvgIpc) is 2.97. The van der Waals surface area contributed by atoms with Gasteiger partial charge in [-0.2, -0.15) is 0 Å². The van der Waals surface area contributed by atoms with Crippen LogP contribution < -0.4 is 0 Å². The normalized spacial score (nSPS) is 23.6. The third-order valence-electron chi connectivity index (χ3n) is 7.65. The van der Waals surface area contributed by atoms with Gasteiger partial charge in [0.1, 0.15) is 18.3 Å². The topological polar surface area (TPSA) is 138 Å². The zero-order valence-corrected chi connectivity index (χ0v) is 27.2. The first-order valence-electron chi connectivity index (χ1n) is 16.5. The van der Waals surface area contributed by atoms with Crippen LogP contribution in [0.1, 0.15) is 130 Å². The molecule has 1 rings (SSSR count). The Hall–Kier alpha value is -2.01. The summed E-state index contributed by atoms with van der Waals surface area (Å²) in [7, 11) is 1.29. The molecule has 0 radical (unpaired) electrons. The second-order valence-electron chi connectivity index (χ2n) is 11.5. The summed E-state index contributed by atoms with van der Waals surface area (Å²) in [6, 6.07) is 0. The van der Waals surface area contributed by atoms with Gasteiger partial charge in [0.25, 0.3) is 0 Å². The molecule has 250 valence electrons. The number of carbonyl (C=O) groups excluding carboxylic acids is 3. The van der Waals surface area contributed by atoms with Gasteiger partial charge in [-0.25, -0.2) is 4.79 Å². The zero-order chi connectivity index (χ0) is 32.0. The van der Waals surface area contributed by atoms with Gasteiger partial charge >= 0.3 is 17.9 Å². The molecule has 10 nitrogen and oxygen atoms in total. The van der Waals surface area contributed by atoms with Gasteiger partial charge in [-0.1, -0.05) is 91.1 Å². The van der Waals surface area contributed by atoms with E-state index in [9.17, 15) is 24.6 Å². The van der Waals surface area contributed by atoms with Gasteiger partial charge < -0.3 is 33.9 Å². The van der Waals surface area contributed by atoms with Gasteiger partial charge in [-0.05, 0) is 32.6 Å². The van der Waals surface area contributed by atoms with Crippen LogP contribution in [0.5, 0.6) is 0 Å². The van der Waals surface area contributed by atoms with E-state index in [0.717, 1.165) is 70.6 Å². The number of allylic oxidation sites excluding steroid dienone is 1. The monoisotopic (exact) mass is 614 g/mol. The van der Waals surface area contributed by atoms with Gasteiger partial charge in [0.2, 0.25) is 0 Å². The molecule has 43 heavy (non-hydrogen) atoms. The van der Waals surface area contributed by atoms with Crippen LogP contribution in [0.15, 0.2) is 12.2 Å². The highest BCUT2D eigenvalue weighted by molar-refractivity contribution is 5.82. The summed E-state index contributed by atoms with van der Waals surface area (Å²) in [4.78, 5) is 37.4. The molecule has 2 N–H and O–H groups in total. The number of carbonyl (C=O) groups is 3. The fourth-order valence-electron chi connectivity index (χ4n) is 5.05. The quantitative estimate of drug-likeness (QED) is 0.0639. The van der Waals surface area contributed by atoms with Crippen LogP contribution in [-0.2, 0) is 38.1 Å². The van der Waals surface area contributed by atoms with E-state index in [2.05, 4.69) is 13.8 Å². The first-order valence-corrected chi connectivity index (χ1v) is 16.5. The maximum Gasteiger partial charge on any atom is 0.330 e. The van der Waals surface area contributed by atoms with Crippen molar-refractivity contribution in [1.29, 1.82) is 0 Å². The van der Waals surface area contributed by atoms with Crippen LogP contribution in [-0.4, -0.2) is 78.1 Å². The minimum Gasteiger partial charge on any atom is -0.469 e. The van der Waals surface area contributed by atoms with Crippen molar-refractivity contribution in [3.05, 3.63) is 12.2 Å². The SMILES string of the molecule is CCCCCCCC=CC(=O)OC1C(OC(CCCCCCC)CC(=O)OC(CCC)CC(=O)OC)OC(C)C(O)C1O. The molecule has 1 fully saturated rings. The van der Waals surface area contributed by atoms with Crippen molar-refractivity contribution >= 4 is 17.9 Å². The molecule has 1 heterocycles. The lowest BCUT2D eigenvalue weighted by atomic mass is 9.99. The van der Waals surface area contributed by atoms with Crippen LogP contribution in [0, 0.1) is 0 Å². The predicted octanol–water partition coefficient (Wildman–Crippen LogP) is 5.69. The lowest BCUT2D eigenvalue weighted by molar-refractivity contribution is -0.307. The summed E-state index contributed by atoms with van der Waals surface area (Å²) >= 11 is 0. The van der Waals surface area contributed by atoms with Crippen molar-refractivity contribution in [1.82, 2.24) is 0 Å². The van der Waals surface area contributed by atoms with Crippen LogP contribution in [0.2, 0.25) is 0 Å². The van der Waals surface area contributed by atoms with E-state index >= 15 is 0 Å². The summed E-state index contributed by atoms with van der Waals surface area (Å²) in [5, 5.41) is 21.3. The van der Waals surface area contributed by atoms with E-state index in [0.29, 0.717) is 12.8 Å². The maximum absolute atomic E-state index is 13.0. The zero-order valence-electron chi connectivity index (χ0n) is 27.2. The Morgan fingerprint density at radius 3 is 2.05 bits per heavy atom. The van der Waals surface area contributed by atoms with E-state index in [-0.39, 0.29) is 12.8 Å². The van der Waals surface area contributed by atoms with E-state index in [1.807, 2.05) is 6.92 Å². The second-order valence-corrected chi connectivity index (χ2v) is 11.5. The van der Waals surface area contributed by atoms with E-state index in [4.69, 9.17) is 23.7 Å². The molecule has 0 bridgehead atoms. The highest BCUT2D eigenvalue weighted by Gasteiger charge is 2.46. The lowest BCUT2D eigenvalue weighted by Crippen LogP contribution is -2.59. The first kappa shape index (κ1) is 39.0. The third-order valence-corrected chi connectivity index (χ3v) is 7.65. The van der Waals surface area contributed by atoms with E-state index < -0.39 is 60.8 Å². The van der Waals surface area contributed by atoms with Gasteiger partial charge in [0.05, 0.1) is 32.2 Å². The molecule has 0 aromatic carbocycles. The largest absolute Gasteiger partial charge is 0.469 e. The minimum absolute atomic E-state index is 0.0315. The van der Waals surface area contributed by atoms with Crippen LogP contribution in [0.25, 0.3) is 0 Å². The van der Waals surface area contributed by atoms with Crippen molar-refractivity contribution < 1.29 is 48.3 Å². The summed E-state index contributed by atoms with van der Waals surface area (Å²) in [5.41, 5.74) is 0. The molecule has 0 aliphatic carbocycles. The fraction of sp³-hybridized carbons (Fsp3) is 0.848. The Balaban J connectivity index is 2.95. The van der Waals surface area contributed by atoms with Crippen LogP contribution in [0.3, 0.4) is 0 Å². The predicted molar refractivity (Wildman–Crippen MR) is 163 cm³/mol. The Bertz CT molecular complexity index is 801. The van der Waals surface area contributed by atoms with Gasteiger partial charge in [0.15, 0.2) is 12.4 Å². The van der Waals surface area contributed by atoms with Gasteiger partial charge in [-0.3, -0.25) is 9.59 Å². The molecular weight excluding hydrogens is 556 g/mol. The summed E-state index contributed by atoms with van der Waals surface area (Å²) in [6.45, 7) is 7.82. The number of unbranched alkanes of at least 4 members (excludes halogenated alkanes) is 9. The van der Waals surface area contributed by atoms with E-state index in [1.165, 1.54) is 19.6 Å². The molecular formula is C33H58O10. The number of hydrogen-bond donors (Lipinski definition) is 2. The molecule has 10 heteroatoms. The highest BCUT2D eigenvalue weighted by atomic mass is 16.7. The number of ether oxygens (including phenoxy) is 5. The fourth-order valence-corrected chi connectivity index (χ4v) is 5.05. The number of esters is 3. The summed E-state index contributed by atoms with van der Waals surface area (Å²) in [5.74, 6) is -1.65. The number of methoxy groups -OCH3 is 1. The molecule has 0 spiro atoms. The molecule has 0 aromatic heterocycles. The Morgan fingerprint density at radius 2 is 1.42 bits per heavy atom. The van der Waals surface area contributed by atoms with Crippen molar-refractivity contribution in [2.24, 2.45) is 0 Å². The highest BCUT2D eigenvalue weighted by Crippen LogP contribution is 2.28. The number of hydrogen-bond acceptors (Lipinski definition) is 10. The number of aliphatic hydroxyl groups is 2. The molecule has 1 aliphatic rings. The number of aliphatic hydroxyl groups excluding tert-OH is 2. The van der Waals surface area contributed by atoms with Crippen molar-refractivity contribution in [3.8, 4) is 0 Å². The Labute approximate surface area is 258 Å². The third kappa shape index (κ3) is 16.6. The second kappa shape index (κ2) is 23.4. The smallest absolute Gasteiger partial charge is 0.330 e. The molecule has 0 aromatic rings. The van der Waals surface area contributed by atoms with Crippen LogP contribution in [0.4, 0.5) is 0 Å². The summed E-state index contributed by atoms with van der Waals surface area (Å²) < 4.78 is 28.0. The molecule has 1 saturated heterocycles. The number of rotatable bonds is 23. The van der Waals surface area contributed by atoms with Gasteiger partial charge in [0, 0.05) is 6.08 Å². The van der Waals surface area contributed by atoms with Gasteiger partial charge in [-0.15, -0.1) is 0 Å².